The molecular formula is C19H20N4O4S. The number of thioether (sulfide) groups is 1. The number of benzene rings is 1. The molecule has 0 saturated heterocycles. The molecule has 0 spiro atoms. The van der Waals surface area contributed by atoms with E-state index in [0.717, 1.165) is 21.0 Å². The summed E-state index contributed by atoms with van der Waals surface area (Å²) in [5.41, 5.74) is 6.14. The number of aromatic amines is 1. The van der Waals surface area contributed by atoms with E-state index in [1.54, 1.807) is 0 Å². The van der Waals surface area contributed by atoms with Crippen LogP contribution in [0.5, 0.6) is 0 Å². The van der Waals surface area contributed by atoms with Crippen molar-refractivity contribution in [3.05, 3.63) is 62.3 Å². The lowest BCUT2D eigenvalue weighted by atomic mass is 10.1. The fraction of sp³-hybridized carbons (Fsp3) is 0.263. The Kier molecular flexibility index (Phi) is 5.96. The Morgan fingerprint density at radius 1 is 1.32 bits per heavy atom. The molecule has 3 N–H and O–H groups in total. The van der Waals surface area contributed by atoms with Gasteiger partial charge < -0.3 is 10.5 Å². The zero-order chi connectivity index (χ0) is 20.3. The predicted octanol–water partition coefficient (Wildman–Crippen LogP) is 1.60. The van der Waals surface area contributed by atoms with Gasteiger partial charge in [0.25, 0.3) is 5.56 Å². The molecule has 8 nitrogen and oxygen atoms in total. The first-order valence-corrected chi connectivity index (χ1v) is 9.55. The summed E-state index contributed by atoms with van der Waals surface area (Å²) in [7, 11) is 1.48. The van der Waals surface area contributed by atoms with Gasteiger partial charge in [0, 0.05) is 12.5 Å². The number of Topliss-reactive ketones (excluding diaryl/α,β-unsaturated/α-hetero) is 1. The molecule has 0 bridgehead atoms. The Labute approximate surface area is 164 Å². The second-order valence-electron chi connectivity index (χ2n) is 6.17. The van der Waals surface area contributed by atoms with Crippen LogP contribution in [-0.4, -0.2) is 39.8 Å². The number of ketones is 1. The summed E-state index contributed by atoms with van der Waals surface area (Å²) in [5.74, 6) is -0.651. The van der Waals surface area contributed by atoms with Crippen LogP contribution in [0.1, 0.15) is 15.9 Å². The third-order valence-electron chi connectivity index (χ3n) is 4.29. The van der Waals surface area contributed by atoms with E-state index >= 15 is 0 Å². The topological polar surface area (TPSA) is 120 Å². The minimum atomic E-state index is -0.788. The number of aryl methyl sites for hydroxylation is 1. The van der Waals surface area contributed by atoms with Crippen molar-refractivity contribution >= 4 is 34.3 Å². The summed E-state index contributed by atoms with van der Waals surface area (Å²) in [4.78, 5) is 43.4. The van der Waals surface area contributed by atoms with Crippen molar-refractivity contribution in [3.63, 3.8) is 0 Å². The Morgan fingerprint density at radius 2 is 2.07 bits per heavy atom. The van der Waals surface area contributed by atoms with Crippen LogP contribution in [0.2, 0.25) is 0 Å². The largest absolute Gasteiger partial charge is 0.384 e. The lowest BCUT2D eigenvalue weighted by Crippen LogP contribution is -2.37. The number of para-hydroxylation sites is 1. The number of ether oxygens (including phenoxy) is 1. The maximum Gasteiger partial charge on any atom is 0.330 e. The highest BCUT2D eigenvalue weighted by molar-refractivity contribution is 7.99. The lowest BCUT2D eigenvalue weighted by Gasteiger charge is -2.11. The molecule has 2 aromatic heterocycles. The van der Waals surface area contributed by atoms with E-state index in [0.29, 0.717) is 5.03 Å². The number of hydrogen-bond acceptors (Lipinski definition) is 7. The van der Waals surface area contributed by atoms with Crippen LogP contribution in [0.3, 0.4) is 0 Å². The van der Waals surface area contributed by atoms with E-state index in [4.69, 9.17) is 10.5 Å². The number of nitrogens with one attached hydrogen (secondary N) is 1. The van der Waals surface area contributed by atoms with Crippen LogP contribution in [0.15, 0.2) is 44.9 Å². The number of nitrogens with two attached hydrogens (primary N) is 1. The first kappa shape index (κ1) is 19.8. The van der Waals surface area contributed by atoms with Gasteiger partial charge >= 0.3 is 5.69 Å². The molecule has 0 radical (unpaired) electrons. The number of hydrogen-bond donors (Lipinski definition) is 2. The molecule has 0 unspecified atom stereocenters. The van der Waals surface area contributed by atoms with Gasteiger partial charge in [-0.25, -0.2) is 9.78 Å². The molecule has 0 aliphatic carbocycles. The zero-order valence-electron chi connectivity index (χ0n) is 15.5. The number of fused-ring (bicyclic) bond motifs is 1. The Hall–Kier alpha value is -2.91. The maximum absolute atomic E-state index is 12.7. The van der Waals surface area contributed by atoms with Gasteiger partial charge in [0.05, 0.1) is 29.4 Å². The van der Waals surface area contributed by atoms with Gasteiger partial charge in [-0.2, -0.15) is 0 Å². The standard InChI is InChI=1S/C19H20N4O4S/c1-11-9-15(21-13-6-4-3-5-12(11)13)28-10-14(24)16-17(20)23(7-8-27-2)19(26)22-18(16)25/h3-6,9H,7-8,10,20H2,1-2H3,(H,22,25,26). The first-order chi connectivity index (χ1) is 13.4. The van der Waals surface area contributed by atoms with Crippen LogP contribution < -0.4 is 17.0 Å². The molecule has 3 aromatic rings. The predicted molar refractivity (Wildman–Crippen MR) is 109 cm³/mol. The van der Waals surface area contributed by atoms with Crippen molar-refractivity contribution in [1.82, 2.24) is 14.5 Å². The van der Waals surface area contributed by atoms with Gasteiger partial charge in [-0.05, 0) is 24.6 Å². The molecular weight excluding hydrogens is 380 g/mol. The van der Waals surface area contributed by atoms with E-state index in [1.807, 2.05) is 37.3 Å². The number of carbonyl (C=O) groups is 1. The smallest absolute Gasteiger partial charge is 0.330 e. The number of anilines is 1. The molecule has 0 amide bonds. The second-order valence-corrected chi connectivity index (χ2v) is 7.17. The third-order valence-corrected chi connectivity index (χ3v) is 5.20. The van der Waals surface area contributed by atoms with Crippen molar-refractivity contribution in [1.29, 1.82) is 0 Å². The van der Waals surface area contributed by atoms with E-state index < -0.39 is 17.0 Å². The van der Waals surface area contributed by atoms with Gasteiger partial charge in [-0.15, -0.1) is 0 Å². The maximum atomic E-state index is 12.7. The summed E-state index contributed by atoms with van der Waals surface area (Å²) in [6.07, 6.45) is 0. The summed E-state index contributed by atoms with van der Waals surface area (Å²) >= 11 is 1.22. The summed E-state index contributed by atoms with van der Waals surface area (Å²) in [6.45, 7) is 2.33. The Balaban J connectivity index is 1.86. The molecule has 2 heterocycles. The highest BCUT2D eigenvalue weighted by Gasteiger charge is 2.19. The van der Waals surface area contributed by atoms with Gasteiger partial charge in [0.1, 0.15) is 11.4 Å². The number of nitrogens with zero attached hydrogens (tertiary/aromatic N) is 2. The number of carbonyl (C=O) groups excluding carboxylic acids is 1. The van der Waals surface area contributed by atoms with E-state index in [1.165, 1.54) is 18.9 Å². The quantitative estimate of drug-likeness (QED) is 0.456. The molecule has 146 valence electrons. The number of rotatable bonds is 7. The summed E-state index contributed by atoms with van der Waals surface area (Å²) < 4.78 is 6.06. The van der Waals surface area contributed by atoms with Crippen molar-refractivity contribution in [3.8, 4) is 0 Å². The number of aromatic nitrogens is 3. The average molecular weight is 400 g/mol. The fourth-order valence-corrected chi connectivity index (χ4v) is 3.71. The van der Waals surface area contributed by atoms with Crippen LogP contribution >= 0.6 is 11.8 Å². The Bertz CT molecular complexity index is 1150. The molecule has 0 aliphatic rings. The van der Waals surface area contributed by atoms with E-state index in [-0.39, 0.29) is 30.3 Å². The second kappa shape index (κ2) is 8.41. The number of H-pyrrole nitrogens is 1. The van der Waals surface area contributed by atoms with Crippen molar-refractivity contribution in [2.45, 2.75) is 18.5 Å². The van der Waals surface area contributed by atoms with Gasteiger partial charge in [0.2, 0.25) is 0 Å². The van der Waals surface area contributed by atoms with E-state index in [2.05, 4.69) is 9.97 Å². The van der Waals surface area contributed by atoms with Crippen LogP contribution in [-0.2, 0) is 11.3 Å². The number of pyridine rings is 1. The molecule has 28 heavy (non-hydrogen) atoms. The molecule has 0 saturated carbocycles. The van der Waals surface area contributed by atoms with Gasteiger partial charge in [-0.1, -0.05) is 30.0 Å². The minimum absolute atomic E-state index is 0.0272. The minimum Gasteiger partial charge on any atom is -0.384 e. The lowest BCUT2D eigenvalue weighted by molar-refractivity contribution is 0.102. The van der Waals surface area contributed by atoms with Crippen LogP contribution in [0.4, 0.5) is 5.82 Å². The van der Waals surface area contributed by atoms with Gasteiger partial charge in [0.15, 0.2) is 5.78 Å². The SMILES string of the molecule is COCCn1c(N)c(C(=O)CSc2cc(C)c3ccccc3n2)c(=O)[nH]c1=O. The molecule has 9 heteroatoms. The molecule has 1 aromatic carbocycles. The zero-order valence-corrected chi connectivity index (χ0v) is 16.3. The van der Waals surface area contributed by atoms with Crippen LogP contribution in [0, 0.1) is 6.92 Å². The van der Waals surface area contributed by atoms with Crippen LogP contribution in [0.25, 0.3) is 10.9 Å². The Morgan fingerprint density at radius 3 is 2.82 bits per heavy atom. The molecule has 3 rings (SSSR count). The first-order valence-electron chi connectivity index (χ1n) is 8.56. The third kappa shape index (κ3) is 4.00. The van der Waals surface area contributed by atoms with E-state index in [9.17, 15) is 14.4 Å². The normalized spacial score (nSPS) is 11.1. The number of methoxy groups -OCH3 is 1. The van der Waals surface area contributed by atoms with Crippen molar-refractivity contribution in [2.24, 2.45) is 0 Å². The number of nitrogen functional groups attached to an aromatic ring is 1. The average Bonchev–Trinajstić information content (AvgIpc) is 2.66. The van der Waals surface area contributed by atoms with Gasteiger partial charge in [-0.3, -0.25) is 19.1 Å². The summed E-state index contributed by atoms with van der Waals surface area (Å²) in [6, 6.07) is 9.63. The van der Waals surface area contributed by atoms with Crippen molar-refractivity contribution in [2.75, 3.05) is 25.2 Å². The monoisotopic (exact) mass is 400 g/mol. The molecule has 0 fully saturated rings. The van der Waals surface area contributed by atoms with Crippen molar-refractivity contribution < 1.29 is 9.53 Å². The molecule has 0 atom stereocenters. The molecule has 0 aliphatic heterocycles. The fourth-order valence-electron chi connectivity index (χ4n) is 2.87. The highest BCUT2D eigenvalue weighted by Crippen LogP contribution is 2.24. The summed E-state index contributed by atoms with van der Waals surface area (Å²) in [5, 5.41) is 1.72. The highest BCUT2D eigenvalue weighted by atomic mass is 32.2.